The number of hydrogen-bond acceptors (Lipinski definition) is 5. The lowest BCUT2D eigenvalue weighted by atomic mass is 10.1. The third kappa shape index (κ3) is 6.43. The van der Waals surface area contributed by atoms with Crippen molar-refractivity contribution in [3.05, 3.63) is 23.2 Å². The van der Waals surface area contributed by atoms with E-state index in [-0.39, 0.29) is 23.0 Å². The van der Waals surface area contributed by atoms with Crippen molar-refractivity contribution in [1.29, 1.82) is 0 Å². The average Bonchev–Trinajstić information content (AvgIpc) is 2.65. The Balaban J connectivity index is 2.51. The fourth-order valence-corrected chi connectivity index (χ4v) is 3.50. The minimum absolute atomic E-state index is 0.0631. The third-order valence-electron chi connectivity index (χ3n) is 4.71. The van der Waals surface area contributed by atoms with Crippen LogP contribution >= 0.6 is 11.6 Å². The molecule has 0 aliphatic heterocycles. The summed E-state index contributed by atoms with van der Waals surface area (Å²) in [5, 5.41) is 12.2. The Labute approximate surface area is 184 Å². The van der Waals surface area contributed by atoms with Gasteiger partial charge in [0.2, 0.25) is 11.5 Å². The van der Waals surface area contributed by atoms with Gasteiger partial charge in [-0.15, -0.1) is 0 Å². The lowest BCUT2D eigenvalue weighted by molar-refractivity contribution is -0.131. The fraction of sp³-hybridized carbons (Fsp3) is 0.542. The summed E-state index contributed by atoms with van der Waals surface area (Å²) < 4.78 is 17.5. The van der Waals surface area contributed by atoms with Crippen molar-refractivity contribution in [3.8, 4) is 23.0 Å². The van der Waals surface area contributed by atoms with E-state index in [4.69, 9.17) is 25.8 Å². The molecule has 0 radical (unpaired) electrons. The van der Waals surface area contributed by atoms with Crippen LogP contribution < -0.4 is 14.2 Å². The standard InChI is InChI=1S/C24H33ClO5/c1-15(2)9-7-13-28-23-21(27)18-11-6-12-19(25)20(18)22(30-17(5)26)24(23)29-14-8-10-16(3)4/h6,11-12,15-16,27H,7-10,13-14H2,1-5H3. The van der Waals surface area contributed by atoms with Gasteiger partial charge in [-0.2, -0.15) is 0 Å². The van der Waals surface area contributed by atoms with Crippen molar-refractivity contribution >= 4 is 28.3 Å². The van der Waals surface area contributed by atoms with E-state index in [1.54, 1.807) is 18.2 Å². The van der Waals surface area contributed by atoms with Gasteiger partial charge in [-0.3, -0.25) is 4.79 Å². The minimum Gasteiger partial charge on any atom is -0.504 e. The Morgan fingerprint density at radius 2 is 1.53 bits per heavy atom. The lowest BCUT2D eigenvalue weighted by Gasteiger charge is -2.20. The summed E-state index contributed by atoms with van der Waals surface area (Å²) in [6.07, 6.45) is 3.65. The van der Waals surface area contributed by atoms with Gasteiger partial charge in [0.05, 0.1) is 23.6 Å². The highest BCUT2D eigenvalue weighted by Gasteiger charge is 2.26. The molecule has 0 saturated carbocycles. The highest BCUT2D eigenvalue weighted by molar-refractivity contribution is 6.36. The van der Waals surface area contributed by atoms with Crippen LogP contribution in [0.1, 0.15) is 60.3 Å². The van der Waals surface area contributed by atoms with Crippen LogP contribution in [0.3, 0.4) is 0 Å². The van der Waals surface area contributed by atoms with E-state index in [1.807, 2.05) is 0 Å². The van der Waals surface area contributed by atoms with E-state index in [2.05, 4.69) is 27.7 Å². The number of hydrogen-bond donors (Lipinski definition) is 1. The Hall–Kier alpha value is -2.14. The zero-order valence-corrected chi connectivity index (χ0v) is 19.3. The first-order valence-electron chi connectivity index (χ1n) is 10.6. The van der Waals surface area contributed by atoms with Crippen LogP contribution in [0.5, 0.6) is 23.0 Å². The largest absolute Gasteiger partial charge is 0.504 e. The molecular weight excluding hydrogens is 404 g/mol. The summed E-state index contributed by atoms with van der Waals surface area (Å²) in [7, 11) is 0. The molecule has 0 saturated heterocycles. The molecule has 2 aromatic rings. The second-order valence-electron chi connectivity index (χ2n) is 8.36. The minimum atomic E-state index is -0.500. The number of ether oxygens (including phenoxy) is 3. The van der Waals surface area contributed by atoms with Gasteiger partial charge in [0.25, 0.3) is 0 Å². The molecule has 1 N–H and O–H groups in total. The second kappa shape index (κ2) is 11.3. The van der Waals surface area contributed by atoms with Crippen LogP contribution in [-0.2, 0) is 4.79 Å². The molecule has 0 atom stereocenters. The number of esters is 1. The first kappa shape index (κ1) is 24.1. The maximum Gasteiger partial charge on any atom is 0.308 e. The predicted molar refractivity (Wildman–Crippen MR) is 121 cm³/mol. The van der Waals surface area contributed by atoms with Crippen molar-refractivity contribution < 1.29 is 24.1 Å². The van der Waals surface area contributed by atoms with Crippen molar-refractivity contribution in [2.24, 2.45) is 11.8 Å². The molecule has 2 rings (SSSR count). The Morgan fingerprint density at radius 3 is 2.07 bits per heavy atom. The highest BCUT2D eigenvalue weighted by Crippen LogP contribution is 2.52. The molecule has 6 heteroatoms. The maximum atomic E-state index is 11.8. The van der Waals surface area contributed by atoms with Crippen LogP contribution in [0.25, 0.3) is 10.8 Å². The number of phenolic OH excluding ortho intramolecular Hbond substituents is 1. The molecule has 166 valence electrons. The first-order chi connectivity index (χ1) is 14.2. The fourth-order valence-electron chi connectivity index (χ4n) is 3.24. The first-order valence-corrected chi connectivity index (χ1v) is 11.0. The molecule has 0 unspecified atom stereocenters. The number of benzene rings is 2. The van der Waals surface area contributed by atoms with Gasteiger partial charge in [-0.25, -0.2) is 0 Å². The van der Waals surface area contributed by atoms with Crippen molar-refractivity contribution in [2.75, 3.05) is 13.2 Å². The van der Waals surface area contributed by atoms with Crippen molar-refractivity contribution in [2.45, 2.75) is 60.3 Å². The van der Waals surface area contributed by atoms with Gasteiger partial charge in [0.15, 0.2) is 11.5 Å². The number of carbonyl (C=O) groups excluding carboxylic acids is 1. The average molecular weight is 437 g/mol. The summed E-state index contributed by atoms with van der Waals surface area (Å²) in [5.74, 6) is 1.13. The van der Waals surface area contributed by atoms with E-state index >= 15 is 0 Å². The Kier molecular flexibility index (Phi) is 9.09. The number of phenols is 1. The molecular formula is C24H33ClO5. The van der Waals surface area contributed by atoms with Gasteiger partial charge in [0, 0.05) is 12.3 Å². The monoisotopic (exact) mass is 436 g/mol. The second-order valence-corrected chi connectivity index (χ2v) is 8.77. The number of aromatic hydroxyl groups is 1. The summed E-state index contributed by atoms with van der Waals surface area (Å²) in [6.45, 7) is 10.7. The van der Waals surface area contributed by atoms with Gasteiger partial charge < -0.3 is 19.3 Å². The van der Waals surface area contributed by atoms with Crippen LogP contribution in [0, 0.1) is 11.8 Å². The normalized spacial score (nSPS) is 11.3. The molecule has 0 bridgehead atoms. The number of fused-ring (bicyclic) bond motifs is 1. The quantitative estimate of drug-likeness (QED) is 0.239. The third-order valence-corrected chi connectivity index (χ3v) is 5.03. The Morgan fingerprint density at radius 1 is 0.967 bits per heavy atom. The molecule has 2 aromatic carbocycles. The zero-order chi connectivity index (χ0) is 22.3. The van der Waals surface area contributed by atoms with Gasteiger partial charge in [-0.05, 0) is 43.6 Å². The number of carbonyl (C=O) groups is 1. The van der Waals surface area contributed by atoms with E-state index in [1.165, 1.54) is 6.92 Å². The zero-order valence-electron chi connectivity index (χ0n) is 18.6. The Bertz CT molecular complexity index is 861. The molecule has 0 fully saturated rings. The van der Waals surface area contributed by atoms with Crippen LogP contribution in [0.15, 0.2) is 18.2 Å². The van der Waals surface area contributed by atoms with Crippen molar-refractivity contribution in [3.63, 3.8) is 0 Å². The molecule has 30 heavy (non-hydrogen) atoms. The van der Waals surface area contributed by atoms with Crippen LogP contribution in [0.2, 0.25) is 5.02 Å². The maximum absolute atomic E-state index is 11.8. The highest BCUT2D eigenvalue weighted by atomic mass is 35.5. The SMILES string of the molecule is CC(=O)Oc1c(OCCCC(C)C)c(OCCCC(C)C)c(O)c2cccc(Cl)c12. The summed E-state index contributed by atoms with van der Waals surface area (Å²) >= 11 is 6.41. The van der Waals surface area contributed by atoms with Crippen LogP contribution in [0.4, 0.5) is 0 Å². The smallest absolute Gasteiger partial charge is 0.308 e. The van der Waals surface area contributed by atoms with Gasteiger partial charge in [-0.1, -0.05) is 51.4 Å². The number of rotatable bonds is 11. The van der Waals surface area contributed by atoms with E-state index in [0.717, 1.165) is 25.7 Å². The molecule has 0 heterocycles. The van der Waals surface area contributed by atoms with Crippen LogP contribution in [-0.4, -0.2) is 24.3 Å². The molecule has 5 nitrogen and oxygen atoms in total. The molecule has 0 aliphatic carbocycles. The molecule has 0 spiro atoms. The number of halogens is 1. The van der Waals surface area contributed by atoms with Crippen molar-refractivity contribution in [1.82, 2.24) is 0 Å². The van der Waals surface area contributed by atoms with E-state index in [0.29, 0.717) is 40.8 Å². The summed E-state index contributed by atoms with van der Waals surface area (Å²) in [6, 6.07) is 5.13. The lowest BCUT2D eigenvalue weighted by Crippen LogP contribution is -2.09. The van der Waals surface area contributed by atoms with Gasteiger partial charge in [0.1, 0.15) is 0 Å². The van der Waals surface area contributed by atoms with Gasteiger partial charge >= 0.3 is 5.97 Å². The van der Waals surface area contributed by atoms with E-state index in [9.17, 15) is 9.90 Å². The molecule has 0 aromatic heterocycles. The summed E-state index contributed by atoms with van der Waals surface area (Å²) in [4.78, 5) is 11.8. The summed E-state index contributed by atoms with van der Waals surface area (Å²) in [5.41, 5.74) is 0. The topological polar surface area (TPSA) is 65.0 Å². The van der Waals surface area contributed by atoms with E-state index < -0.39 is 5.97 Å². The molecule has 0 amide bonds. The molecule has 0 aliphatic rings. The predicted octanol–water partition coefficient (Wildman–Crippen LogP) is 6.75.